The molecule has 0 saturated heterocycles. The quantitative estimate of drug-likeness (QED) is 0.330. The van der Waals surface area contributed by atoms with E-state index < -0.39 is 5.97 Å². The normalized spacial score (nSPS) is 11.0. The number of carboxylic acid groups (broad SMARTS) is 1. The van der Waals surface area contributed by atoms with Crippen molar-refractivity contribution < 1.29 is 24.2 Å². The molecule has 0 radical (unpaired) electrons. The van der Waals surface area contributed by atoms with E-state index >= 15 is 0 Å². The molecule has 4 rings (SSSR count). The van der Waals surface area contributed by atoms with Crippen molar-refractivity contribution in [2.75, 3.05) is 7.11 Å². The van der Waals surface area contributed by atoms with Crippen LogP contribution in [0.15, 0.2) is 52.8 Å². The second-order valence-corrected chi connectivity index (χ2v) is 8.34. The molecule has 0 unspecified atom stereocenters. The van der Waals surface area contributed by atoms with E-state index in [1.807, 2.05) is 0 Å². The molecule has 3 heterocycles. The predicted molar refractivity (Wildman–Crippen MR) is 126 cm³/mol. The molecule has 1 aromatic carbocycles. The smallest absolute Gasteiger partial charge is 0.335 e. The predicted octanol–water partition coefficient (Wildman–Crippen LogP) is 3.62. The number of ether oxygens (including phenoxy) is 2. The maximum Gasteiger partial charge on any atom is 0.335 e. The fourth-order valence-electron chi connectivity index (χ4n) is 3.36. The molecule has 10 heteroatoms. The van der Waals surface area contributed by atoms with Gasteiger partial charge in [0, 0.05) is 24.2 Å². The number of hydrogen-bond acceptors (Lipinski definition) is 8. The van der Waals surface area contributed by atoms with E-state index in [2.05, 4.69) is 15.0 Å². The molecule has 0 amide bonds. The Kier molecular flexibility index (Phi) is 7.09. The van der Waals surface area contributed by atoms with E-state index in [4.69, 9.17) is 14.6 Å². The molecule has 4 aromatic rings. The molecule has 0 spiro atoms. The summed E-state index contributed by atoms with van der Waals surface area (Å²) >= 11 is 1.28. The average Bonchev–Trinajstić information content (AvgIpc) is 3.26. The Bertz CT molecular complexity index is 1390. The van der Waals surface area contributed by atoms with E-state index in [1.165, 1.54) is 30.6 Å². The molecule has 0 saturated carbocycles. The van der Waals surface area contributed by atoms with E-state index in [1.54, 1.807) is 35.8 Å². The second kappa shape index (κ2) is 10.4. The fourth-order valence-corrected chi connectivity index (χ4v) is 4.29. The summed E-state index contributed by atoms with van der Waals surface area (Å²) in [5.74, 6) is -0.736. The number of aryl methyl sites for hydroxylation is 1. The third-order valence-electron chi connectivity index (χ3n) is 5.16. The SMILES string of the molecule is COc1cc(CCC(=O)c2nc3scc(COCc4ccc(C(=O)O)cc4)c3c(=O)[nH]2)ccn1. The van der Waals surface area contributed by atoms with Gasteiger partial charge in [0.1, 0.15) is 4.83 Å². The summed E-state index contributed by atoms with van der Waals surface area (Å²) in [6.45, 7) is 0.446. The number of fused-ring (bicyclic) bond motifs is 1. The van der Waals surface area contributed by atoms with Crippen LogP contribution in [0, 0.1) is 0 Å². The Balaban J connectivity index is 1.40. The molecule has 0 aliphatic carbocycles. The lowest BCUT2D eigenvalue weighted by molar-refractivity contribution is 0.0696. The molecule has 0 bridgehead atoms. The molecule has 2 N–H and O–H groups in total. The number of H-pyrrole nitrogens is 1. The molecule has 3 aromatic heterocycles. The lowest BCUT2D eigenvalue weighted by Gasteiger charge is -2.05. The van der Waals surface area contributed by atoms with Crippen LogP contribution in [-0.2, 0) is 24.4 Å². The number of nitrogens with one attached hydrogen (secondary N) is 1. The van der Waals surface area contributed by atoms with Gasteiger partial charge in [0.05, 0.1) is 31.3 Å². The number of ketones is 1. The van der Waals surface area contributed by atoms with Crippen LogP contribution in [0.1, 0.15) is 44.1 Å². The number of pyridine rings is 1. The summed E-state index contributed by atoms with van der Waals surface area (Å²) < 4.78 is 10.8. The average molecular weight is 480 g/mol. The minimum absolute atomic E-state index is 0.0337. The highest BCUT2D eigenvalue weighted by Crippen LogP contribution is 2.23. The second-order valence-electron chi connectivity index (χ2n) is 7.48. The maximum absolute atomic E-state index is 12.7. The number of benzene rings is 1. The van der Waals surface area contributed by atoms with Crippen LogP contribution in [0.3, 0.4) is 0 Å². The zero-order valence-corrected chi connectivity index (χ0v) is 19.1. The van der Waals surface area contributed by atoms with Crippen LogP contribution in [0.4, 0.5) is 0 Å². The molecule has 0 aliphatic heterocycles. The minimum Gasteiger partial charge on any atom is -0.481 e. The van der Waals surface area contributed by atoms with Gasteiger partial charge < -0.3 is 19.6 Å². The zero-order chi connectivity index (χ0) is 24.1. The van der Waals surface area contributed by atoms with Gasteiger partial charge in [0.2, 0.25) is 5.88 Å². The Morgan fingerprint density at radius 2 is 1.91 bits per heavy atom. The first-order valence-electron chi connectivity index (χ1n) is 10.4. The summed E-state index contributed by atoms with van der Waals surface area (Å²) in [5.41, 5.74) is 2.22. The number of hydrogen-bond donors (Lipinski definition) is 2. The van der Waals surface area contributed by atoms with Gasteiger partial charge in [-0.2, -0.15) is 0 Å². The number of rotatable bonds is 10. The van der Waals surface area contributed by atoms with Crippen LogP contribution in [0.2, 0.25) is 0 Å². The first-order chi connectivity index (χ1) is 16.4. The van der Waals surface area contributed by atoms with Crippen LogP contribution >= 0.6 is 11.3 Å². The van der Waals surface area contributed by atoms with Gasteiger partial charge in [-0.25, -0.2) is 14.8 Å². The molecular weight excluding hydrogens is 458 g/mol. The first-order valence-corrected chi connectivity index (χ1v) is 11.2. The number of methoxy groups -OCH3 is 1. The number of aromatic carboxylic acids is 1. The lowest BCUT2D eigenvalue weighted by Crippen LogP contribution is -2.16. The molecule has 9 nitrogen and oxygen atoms in total. The van der Waals surface area contributed by atoms with Gasteiger partial charge in [-0.05, 0) is 41.1 Å². The van der Waals surface area contributed by atoms with Crippen molar-refractivity contribution in [3.8, 4) is 5.88 Å². The van der Waals surface area contributed by atoms with Crippen molar-refractivity contribution in [2.45, 2.75) is 26.1 Å². The summed E-state index contributed by atoms with van der Waals surface area (Å²) in [4.78, 5) is 47.7. The van der Waals surface area contributed by atoms with Crippen molar-refractivity contribution >= 4 is 33.3 Å². The van der Waals surface area contributed by atoms with Crippen LogP contribution in [-0.4, -0.2) is 38.9 Å². The highest BCUT2D eigenvalue weighted by Gasteiger charge is 2.16. The molecular formula is C24H21N3O6S. The van der Waals surface area contributed by atoms with Crippen molar-refractivity contribution in [3.05, 3.63) is 86.4 Å². The molecule has 174 valence electrons. The number of nitrogens with zero attached hydrogens (tertiary/aromatic N) is 2. The Labute approximate surface area is 198 Å². The highest BCUT2D eigenvalue weighted by atomic mass is 32.1. The van der Waals surface area contributed by atoms with Gasteiger partial charge in [0.25, 0.3) is 5.56 Å². The van der Waals surface area contributed by atoms with Crippen LogP contribution in [0.25, 0.3) is 10.2 Å². The van der Waals surface area contributed by atoms with Gasteiger partial charge in [-0.1, -0.05) is 12.1 Å². The summed E-state index contributed by atoms with van der Waals surface area (Å²) in [6.07, 6.45) is 2.27. The number of thiophene rings is 1. The monoisotopic (exact) mass is 479 g/mol. The Hall–Kier alpha value is -3.89. The number of aromatic amines is 1. The topological polar surface area (TPSA) is 131 Å². The largest absolute Gasteiger partial charge is 0.481 e. The summed E-state index contributed by atoms with van der Waals surface area (Å²) in [6, 6.07) is 9.96. The lowest BCUT2D eigenvalue weighted by atomic mass is 10.1. The number of carbonyl (C=O) groups excluding carboxylic acids is 1. The van der Waals surface area contributed by atoms with Crippen molar-refractivity contribution in [3.63, 3.8) is 0 Å². The van der Waals surface area contributed by atoms with E-state index in [-0.39, 0.29) is 42.4 Å². The molecule has 0 fully saturated rings. The van der Waals surface area contributed by atoms with E-state index in [9.17, 15) is 14.4 Å². The van der Waals surface area contributed by atoms with E-state index in [0.717, 1.165) is 11.1 Å². The zero-order valence-electron chi connectivity index (χ0n) is 18.2. The van der Waals surface area contributed by atoms with E-state index in [0.29, 0.717) is 28.1 Å². The van der Waals surface area contributed by atoms with Gasteiger partial charge >= 0.3 is 5.97 Å². The van der Waals surface area contributed by atoms with Gasteiger partial charge in [-0.3, -0.25) is 9.59 Å². The highest BCUT2D eigenvalue weighted by molar-refractivity contribution is 7.16. The van der Waals surface area contributed by atoms with Crippen molar-refractivity contribution in [1.29, 1.82) is 0 Å². The molecule has 0 aliphatic rings. The minimum atomic E-state index is -0.987. The Morgan fingerprint density at radius 1 is 1.12 bits per heavy atom. The van der Waals surface area contributed by atoms with Crippen LogP contribution in [0.5, 0.6) is 5.88 Å². The van der Waals surface area contributed by atoms with Gasteiger partial charge in [0.15, 0.2) is 11.6 Å². The Morgan fingerprint density at radius 3 is 2.65 bits per heavy atom. The van der Waals surface area contributed by atoms with Crippen molar-refractivity contribution in [1.82, 2.24) is 15.0 Å². The summed E-state index contributed by atoms with van der Waals surface area (Å²) in [5, 5.41) is 11.2. The fraction of sp³-hybridized carbons (Fsp3) is 0.208. The number of carboxylic acids is 1. The van der Waals surface area contributed by atoms with Crippen molar-refractivity contribution in [2.24, 2.45) is 0 Å². The maximum atomic E-state index is 12.7. The third kappa shape index (κ3) is 5.36. The third-order valence-corrected chi connectivity index (χ3v) is 6.08. The molecule has 34 heavy (non-hydrogen) atoms. The van der Waals surface area contributed by atoms with Gasteiger partial charge in [-0.15, -0.1) is 11.3 Å². The number of aromatic nitrogens is 3. The number of carbonyl (C=O) groups is 2. The first kappa shape index (κ1) is 23.3. The standard InChI is InChI=1S/C24H21N3O6S/c1-32-19-10-14(8-9-25-19)4-7-18(28)21-26-22(29)20-17(13-34-23(20)27-21)12-33-11-15-2-5-16(6-3-15)24(30)31/h2-3,5-6,8-10,13H,4,7,11-12H2,1H3,(H,30,31)(H,26,27,29). The molecule has 0 atom stereocenters. The summed E-state index contributed by atoms with van der Waals surface area (Å²) in [7, 11) is 1.53. The number of Topliss-reactive ketones (excluding diaryl/α,β-unsaturated/α-hetero) is 1. The van der Waals surface area contributed by atoms with Crippen LogP contribution < -0.4 is 10.3 Å².